The van der Waals surface area contributed by atoms with Crippen molar-refractivity contribution in [2.75, 3.05) is 0 Å². The average Bonchev–Trinajstić information content (AvgIpc) is 2.15. The Bertz CT molecular complexity index is 257. The zero-order valence-electron chi connectivity index (χ0n) is 13.0. The monoisotopic (exact) mass is 256 g/mol. The molecule has 1 unspecified atom stereocenters. The first-order chi connectivity index (χ1) is 7.52. The molecule has 0 aromatic heterocycles. The van der Waals surface area contributed by atoms with E-state index in [1.165, 1.54) is 18.4 Å². The molecule has 0 rings (SSSR count). The molecule has 0 aromatic rings. The standard InChI is InChI=1S/C16H32S/c1-9-11-15(7,8)16(17,14(4,5)6)12-13(3)10-2/h17H,3,9-12H2,1-2,4-8H3. The molecular formula is C16H32S. The molecule has 0 saturated heterocycles. The quantitative estimate of drug-likeness (QED) is 0.445. The van der Waals surface area contributed by atoms with Crippen molar-refractivity contribution in [1.29, 1.82) is 0 Å². The van der Waals surface area contributed by atoms with Gasteiger partial charge in [0, 0.05) is 4.75 Å². The van der Waals surface area contributed by atoms with E-state index < -0.39 is 0 Å². The highest BCUT2D eigenvalue weighted by Gasteiger charge is 2.49. The molecule has 1 atom stereocenters. The highest BCUT2D eigenvalue weighted by Crippen LogP contribution is 2.54. The second-order valence-corrected chi connectivity index (χ2v) is 7.79. The fraction of sp³-hybridized carbons (Fsp3) is 0.875. The van der Waals surface area contributed by atoms with Crippen LogP contribution in [0.25, 0.3) is 0 Å². The molecule has 0 aromatic carbocycles. The van der Waals surface area contributed by atoms with Crippen molar-refractivity contribution in [3.05, 3.63) is 12.2 Å². The Morgan fingerprint density at radius 2 is 1.53 bits per heavy atom. The molecule has 0 heterocycles. The van der Waals surface area contributed by atoms with Gasteiger partial charge in [-0.2, -0.15) is 12.6 Å². The SMILES string of the molecule is C=C(CC)CC(S)(C(C)(C)C)C(C)(C)CCC. The predicted octanol–water partition coefficient (Wildman–Crippen LogP) is 5.88. The van der Waals surface area contributed by atoms with Gasteiger partial charge in [0.15, 0.2) is 0 Å². The molecule has 0 aliphatic rings. The van der Waals surface area contributed by atoms with Crippen LogP contribution >= 0.6 is 12.6 Å². The van der Waals surface area contributed by atoms with Crippen LogP contribution in [0.5, 0.6) is 0 Å². The molecule has 1 heteroatoms. The third-order valence-electron chi connectivity index (χ3n) is 4.24. The molecular weight excluding hydrogens is 224 g/mol. The third-order valence-corrected chi connectivity index (χ3v) is 5.68. The minimum Gasteiger partial charge on any atom is -0.171 e. The fourth-order valence-electron chi connectivity index (χ4n) is 2.84. The first-order valence-corrected chi connectivity index (χ1v) is 7.35. The Morgan fingerprint density at radius 1 is 1.06 bits per heavy atom. The summed E-state index contributed by atoms with van der Waals surface area (Å²) in [5.74, 6) is 0. The lowest BCUT2D eigenvalue weighted by molar-refractivity contribution is 0.115. The highest BCUT2D eigenvalue weighted by atomic mass is 32.1. The van der Waals surface area contributed by atoms with Crippen LogP contribution < -0.4 is 0 Å². The van der Waals surface area contributed by atoms with Gasteiger partial charge < -0.3 is 0 Å². The second-order valence-electron chi connectivity index (χ2n) is 7.02. The summed E-state index contributed by atoms with van der Waals surface area (Å²) in [6.07, 6.45) is 4.50. The van der Waals surface area contributed by atoms with Gasteiger partial charge >= 0.3 is 0 Å². The zero-order valence-corrected chi connectivity index (χ0v) is 13.9. The summed E-state index contributed by atoms with van der Waals surface area (Å²) in [6, 6.07) is 0. The smallest absolute Gasteiger partial charge is 0.0266 e. The lowest BCUT2D eigenvalue weighted by Crippen LogP contribution is -2.50. The molecule has 0 bridgehead atoms. The molecule has 0 aliphatic heterocycles. The molecule has 0 radical (unpaired) electrons. The lowest BCUT2D eigenvalue weighted by atomic mass is 9.61. The minimum absolute atomic E-state index is 0.00308. The molecule has 0 spiro atoms. The maximum Gasteiger partial charge on any atom is 0.0266 e. The summed E-state index contributed by atoms with van der Waals surface area (Å²) in [5.41, 5.74) is 1.72. The number of hydrogen-bond acceptors (Lipinski definition) is 1. The van der Waals surface area contributed by atoms with Gasteiger partial charge in [-0.3, -0.25) is 0 Å². The van der Waals surface area contributed by atoms with E-state index in [0.717, 1.165) is 12.8 Å². The van der Waals surface area contributed by atoms with Gasteiger partial charge in [0.05, 0.1) is 0 Å². The van der Waals surface area contributed by atoms with Gasteiger partial charge in [-0.15, -0.1) is 0 Å². The van der Waals surface area contributed by atoms with Gasteiger partial charge in [0.2, 0.25) is 0 Å². The largest absolute Gasteiger partial charge is 0.171 e. The van der Waals surface area contributed by atoms with E-state index in [2.05, 4.69) is 55.0 Å². The Balaban J connectivity index is 5.32. The van der Waals surface area contributed by atoms with Gasteiger partial charge in [-0.1, -0.05) is 67.0 Å². The van der Waals surface area contributed by atoms with Gasteiger partial charge in [-0.25, -0.2) is 0 Å². The summed E-state index contributed by atoms with van der Waals surface area (Å²) in [7, 11) is 0. The normalized spacial score (nSPS) is 16.7. The zero-order chi connectivity index (χ0) is 13.9. The molecule has 0 aliphatic carbocycles. The third kappa shape index (κ3) is 3.77. The van der Waals surface area contributed by atoms with Crippen molar-refractivity contribution in [1.82, 2.24) is 0 Å². The molecule has 0 amide bonds. The summed E-state index contributed by atoms with van der Waals surface area (Å²) in [6.45, 7) is 20.3. The van der Waals surface area contributed by atoms with E-state index >= 15 is 0 Å². The first kappa shape index (κ1) is 17.1. The molecule has 0 saturated carbocycles. The Hall–Kier alpha value is 0.0900. The van der Waals surface area contributed by atoms with Crippen molar-refractivity contribution in [2.24, 2.45) is 10.8 Å². The van der Waals surface area contributed by atoms with Crippen LogP contribution in [0.1, 0.15) is 74.1 Å². The summed E-state index contributed by atoms with van der Waals surface area (Å²) in [4.78, 5) is 0. The van der Waals surface area contributed by atoms with Gasteiger partial charge in [-0.05, 0) is 30.1 Å². The van der Waals surface area contributed by atoms with Crippen LogP contribution in [0.15, 0.2) is 12.2 Å². The van der Waals surface area contributed by atoms with E-state index in [0.29, 0.717) is 0 Å². The second kappa shape index (κ2) is 5.82. The first-order valence-electron chi connectivity index (χ1n) is 6.91. The van der Waals surface area contributed by atoms with Crippen LogP contribution in [0, 0.1) is 10.8 Å². The Labute approximate surface area is 115 Å². The fourth-order valence-corrected chi connectivity index (χ4v) is 3.17. The van der Waals surface area contributed by atoms with E-state index in [9.17, 15) is 0 Å². The van der Waals surface area contributed by atoms with Crippen molar-refractivity contribution in [3.8, 4) is 0 Å². The van der Waals surface area contributed by atoms with Crippen LogP contribution in [0.3, 0.4) is 0 Å². The summed E-state index contributed by atoms with van der Waals surface area (Å²) < 4.78 is 0.00308. The van der Waals surface area contributed by atoms with Crippen molar-refractivity contribution >= 4 is 12.6 Å². The van der Waals surface area contributed by atoms with Crippen molar-refractivity contribution in [2.45, 2.75) is 78.9 Å². The van der Waals surface area contributed by atoms with Crippen molar-refractivity contribution in [3.63, 3.8) is 0 Å². The maximum absolute atomic E-state index is 5.15. The number of rotatable bonds is 6. The number of hydrogen-bond donors (Lipinski definition) is 1. The summed E-state index contributed by atoms with van der Waals surface area (Å²) in [5, 5.41) is 0. The van der Waals surface area contributed by atoms with Gasteiger partial charge in [0.1, 0.15) is 0 Å². The van der Waals surface area contributed by atoms with Crippen LogP contribution in [-0.4, -0.2) is 4.75 Å². The lowest BCUT2D eigenvalue weighted by Gasteiger charge is -2.52. The Kier molecular flexibility index (Phi) is 5.85. The topological polar surface area (TPSA) is 0 Å². The highest BCUT2D eigenvalue weighted by molar-refractivity contribution is 7.82. The van der Waals surface area contributed by atoms with E-state index in [4.69, 9.17) is 12.6 Å². The van der Waals surface area contributed by atoms with Crippen LogP contribution in [0.2, 0.25) is 0 Å². The van der Waals surface area contributed by atoms with E-state index in [1.54, 1.807) is 0 Å². The Morgan fingerprint density at radius 3 is 1.82 bits per heavy atom. The predicted molar refractivity (Wildman–Crippen MR) is 83.9 cm³/mol. The van der Waals surface area contributed by atoms with Crippen LogP contribution in [0.4, 0.5) is 0 Å². The molecule has 0 N–H and O–H groups in total. The van der Waals surface area contributed by atoms with E-state index in [-0.39, 0.29) is 15.6 Å². The number of allylic oxidation sites excluding steroid dienone is 1. The number of thiol groups is 1. The summed E-state index contributed by atoms with van der Waals surface area (Å²) >= 11 is 5.15. The van der Waals surface area contributed by atoms with E-state index in [1.807, 2.05) is 0 Å². The molecule has 0 nitrogen and oxygen atoms in total. The average molecular weight is 256 g/mol. The van der Waals surface area contributed by atoms with Crippen molar-refractivity contribution < 1.29 is 0 Å². The van der Waals surface area contributed by atoms with Gasteiger partial charge in [0.25, 0.3) is 0 Å². The molecule has 17 heavy (non-hydrogen) atoms. The minimum atomic E-state index is 0.00308. The van der Waals surface area contributed by atoms with Crippen LogP contribution in [-0.2, 0) is 0 Å². The molecule has 0 fully saturated rings. The maximum atomic E-state index is 5.15. The molecule has 102 valence electrons.